The molecule has 2 aromatic rings. The molecular formula is C57H86N12O25. The molecule has 0 aliphatic carbocycles. The van der Waals surface area contributed by atoms with Crippen molar-refractivity contribution in [2.24, 2.45) is 33.1 Å². The Morgan fingerprint density at radius 1 is 0.691 bits per heavy atom. The third-order valence-corrected chi connectivity index (χ3v) is 16.7. The van der Waals surface area contributed by atoms with Crippen molar-refractivity contribution < 1.29 is 124 Å². The van der Waals surface area contributed by atoms with Crippen LogP contribution in [0.25, 0.3) is 0 Å². The van der Waals surface area contributed by atoms with Crippen LogP contribution in [0, 0.1) is 5.92 Å². The Hall–Kier alpha value is -7.12. The maximum absolute atomic E-state index is 15.0. The van der Waals surface area contributed by atoms with E-state index in [1.165, 1.54) is 18.2 Å². The lowest BCUT2D eigenvalue weighted by molar-refractivity contribution is -0.353. The van der Waals surface area contributed by atoms with Crippen LogP contribution in [-0.4, -0.2) is 305 Å². The second kappa shape index (κ2) is 33.0. The highest BCUT2D eigenvalue weighted by atomic mass is 16.7. The van der Waals surface area contributed by atoms with Gasteiger partial charge in [0.1, 0.15) is 116 Å². The monoisotopic (exact) mass is 1340 g/mol. The Morgan fingerprint density at radius 2 is 1.30 bits per heavy atom. The second-order valence-electron chi connectivity index (χ2n) is 23.8. The number of nitrogen functional groups attached to an aromatic ring is 1. The maximum Gasteiger partial charge on any atom is 0.306 e. The van der Waals surface area contributed by atoms with Gasteiger partial charge in [0.25, 0.3) is 0 Å². The van der Waals surface area contributed by atoms with Gasteiger partial charge in [-0.1, -0.05) is 57.2 Å². The zero-order valence-electron chi connectivity index (χ0n) is 51.2. The van der Waals surface area contributed by atoms with Crippen LogP contribution in [0.4, 0.5) is 5.69 Å². The number of ether oxygens (including phenoxy) is 6. The third kappa shape index (κ3) is 17.3. The number of rotatable bonds is 29. The molecule has 3 saturated heterocycles. The summed E-state index contributed by atoms with van der Waals surface area (Å²) < 4.78 is 34.4. The van der Waals surface area contributed by atoms with E-state index in [1.807, 2.05) is 0 Å². The van der Waals surface area contributed by atoms with Gasteiger partial charge in [-0.3, -0.25) is 34.0 Å². The number of hydrogen-bond donors (Lipinski definition) is 22. The number of carbonyl (C=O) groups excluding carboxylic acids is 6. The SMILES string of the molecule is CC(C)CC(=O)OC1C(OC2C(CO)OC(Oc3ccc(C[C@H](NC(=O)[C@@H](N)C(C)c4ccccc4)C(=O)N[C@H](C(=O)N[C@H](C(=O)N[C@H](C=O)CO)C(O)C4CN=C(N)N4C4OC(CO)C(O)C(O)C4O)C(O)C4CN=C(N)N4)cc3N)C(O)C2O)OC(CO)C(O)C1O. The molecule has 20 unspecified atom stereocenters. The van der Waals surface area contributed by atoms with E-state index < -0.39 is 227 Å². The number of esters is 1. The molecule has 5 heterocycles. The minimum absolute atomic E-state index is 0.122. The van der Waals surface area contributed by atoms with Crippen molar-refractivity contribution in [3.8, 4) is 5.75 Å². The van der Waals surface area contributed by atoms with Crippen molar-refractivity contribution in [2.75, 3.05) is 45.3 Å². The number of nitrogens with two attached hydrogens (primary N) is 4. The number of benzene rings is 2. The number of anilines is 1. The lowest BCUT2D eigenvalue weighted by Crippen LogP contribution is -2.70. The number of carbonyl (C=O) groups is 6. The number of guanidine groups is 2. The fraction of sp³-hybridized carbons (Fsp3) is 0.649. The summed E-state index contributed by atoms with van der Waals surface area (Å²) in [6.45, 7) is 0.579. The van der Waals surface area contributed by atoms with Gasteiger partial charge in [0.05, 0.1) is 63.3 Å². The standard InChI is InChI=1S/C57H86N12O25/c1-21(2)11-34(75)93-48-43(81)41(79)32(19-73)91-55(48)94-47-33(20-74)92-54(46(84)44(47)82)90-30-10-9-23(12-26(30)58)13-27(65-50(86)35(59)22(3)24-7-5-4-6-8-24)49(85)67-36(38(76)28-14-62-56(60)66-28)52(88)68-37(51(87)64-25(16-70)17-71)39(77)29-15-63-57(61)69(29)53-45(83)42(80)40(78)31(18-72)89-53/h4-10,12,16,21-22,25,27-29,31-33,35-48,53-55,71-74,76-84H,11,13-15,17-20,58-59H2,1-3H3,(H2,61,63)(H,64,87)(H,65,86)(H,67,85)(H,68,88)(H3,60,62,66)/t22?,25-,27+,28?,29?,31?,32?,33?,35+,36+,37+,38?,39?,40?,41?,42?,43?,44?,45?,46?,47?,48?,53?,54?,55?/m1/s1. The van der Waals surface area contributed by atoms with Gasteiger partial charge in [-0.2, -0.15) is 0 Å². The maximum atomic E-state index is 15.0. The highest BCUT2D eigenvalue weighted by Gasteiger charge is 2.55. The molecule has 5 aliphatic heterocycles. The largest absolute Gasteiger partial charge is 0.460 e. The van der Waals surface area contributed by atoms with Crippen molar-refractivity contribution in [2.45, 2.75) is 186 Å². The van der Waals surface area contributed by atoms with Crippen LogP contribution in [0.15, 0.2) is 58.5 Å². The van der Waals surface area contributed by atoms with E-state index in [4.69, 9.17) is 51.4 Å². The van der Waals surface area contributed by atoms with Crippen molar-refractivity contribution >= 4 is 53.5 Å². The molecule has 4 amide bonds. The molecule has 37 nitrogen and oxygen atoms in total. The zero-order valence-corrected chi connectivity index (χ0v) is 51.2. The summed E-state index contributed by atoms with van der Waals surface area (Å²) in [7, 11) is 0. The quantitative estimate of drug-likeness (QED) is 0.0204. The van der Waals surface area contributed by atoms with E-state index in [-0.39, 0.29) is 48.1 Å². The molecule has 37 heteroatoms. The van der Waals surface area contributed by atoms with Crippen LogP contribution in [0.3, 0.4) is 0 Å². The number of amides is 4. The molecule has 25 atom stereocenters. The summed E-state index contributed by atoms with van der Waals surface area (Å²) in [5.74, 6) is -7.57. The molecule has 0 saturated carbocycles. The molecule has 26 N–H and O–H groups in total. The Balaban J connectivity index is 1.16. The first-order chi connectivity index (χ1) is 44.6. The van der Waals surface area contributed by atoms with Crippen LogP contribution in [0.1, 0.15) is 44.2 Å². The summed E-state index contributed by atoms with van der Waals surface area (Å²) in [4.78, 5) is 92.0. The van der Waals surface area contributed by atoms with Crippen LogP contribution < -0.4 is 54.3 Å². The summed E-state index contributed by atoms with van der Waals surface area (Å²) in [5, 5.41) is 153. The number of aliphatic hydroxyl groups is 13. The minimum Gasteiger partial charge on any atom is -0.460 e. The predicted octanol–water partition coefficient (Wildman–Crippen LogP) is -11.5. The van der Waals surface area contributed by atoms with E-state index in [0.717, 1.165) is 4.90 Å². The summed E-state index contributed by atoms with van der Waals surface area (Å²) >= 11 is 0. The zero-order chi connectivity index (χ0) is 69.2. The molecule has 5 aliphatic rings. The van der Waals surface area contributed by atoms with Crippen LogP contribution in [0.5, 0.6) is 5.75 Å². The summed E-state index contributed by atoms with van der Waals surface area (Å²) in [6.07, 6.45) is -31.8. The lowest BCUT2D eigenvalue weighted by atomic mass is 9.93. The van der Waals surface area contributed by atoms with E-state index in [9.17, 15) is 95.2 Å². The molecule has 524 valence electrons. The average Bonchev–Trinajstić information content (AvgIpc) is 1.39. The topological polar surface area (TPSA) is 613 Å². The summed E-state index contributed by atoms with van der Waals surface area (Å²) in [6, 6.07) is 0.234. The van der Waals surface area contributed by atoms with Crippen molar-refractivity contribution in [1.29, 1.82) is 0 Å². The Kier molecular flexibility index (Phi) is 26.1. The van der Waals surface area contributed by atoms with Gasteiger partial charge in [0.2, 0.25) is 29.9 Å². The number of aldehydes is 1. The Bertz CT molecular complexity index is 2960. The van der Waals surface area contributed by atoms with E-state index in [1.54, 1.807) is 51.1 Å². The first-order valence-electron chi connectivity index (χ1n) is 30.1. The van der Waals surface area contributed by atoms with Gasteiger partial charge in [0.15, 0.2) is 30.5 Å². The third-order valence-electron chi connectivity index (χ3n) is 16.7. The minimum atomic E-state index is -2.28. The van der Waals surface area contributed by atoms with Crippen molar-refractivity contribution in [3.05, 3.63) is 59.7 Å². The highest BCUT2D eigenvalue weighted by Crippen LogP contribution is 2.34. The van der Waals surface area contributed by atoms with Crippen molar-refractivity contribution in [1.82, 2.24) is 31.5 Å². The van der Waals surface area contributed by atoms with Gasteiger partial charge in [-0.15, -0.1) is 0 Å². The number of hydrogen-bond acceptors (Lipinski definition) is 33. The molecule has 0 bridgehead atoms. The van der Waals surface area contributed by atoms with E-state index in [0.29, 0.717) is 5.56 Å². The molecule has 94 heavy (non-hydrogen) atoms. The number of nitrogens with zero attached hydrogens (tertiary/aromatic N) is 3. The first kappa shape index (κ1) is 74.3. The van der Waals surface area contributed by atoms with Crippen LogP contribution in [0.2, 0.25) is 0 Å². The number of aliphatic imine (C=N–C) groups is 2. The molecule has 2 aromatic carbocycles. The number of aliphatic hydroxyl groups excluding tert-OH is 13. The van der Waals surface area contributed by atoms with Gasteiger partial charge >= 0.3 is 5.97 Å². The number of nitrogens with one attached hydrogen (secondary N) is 5. The predicted molar refractivity (Wildman–Crippen MR) is 320 cm³/mol. The summed E-state index contributed by atoms with van der Waals surface area (Å²) in [5.41, 5.74) is 25.6. The Labute approximate surface area is 537 Å². The average molecular weight is 1340 g/mol. The molecule has 0 spiro atoms. The van der Waals surface area contributed by atoms with Gasteiger partial charge < -0.3 is 154 Å². The van der Waals surface area contributed by atoms with Gasteiger partial charge in [0, 0.05) is 18.8 Å². The molecule has 0 aromatic heterocycles. The molecule has 0 radical (unpaired) electrons. The van der Waals surface area contributed by atoms with Crippen LogP contribution in [-0.2, 0) is 58.9 Å². The van der Waals surface area contributed by atoms with Gasteiger partial charge in [-0.05, 0) is 29.2 Å². The second-order valence-corrected chi connectivity index (χ2v) is 23.8. The lowest BCUT2D eigenvalue weighted by Gasteiger charge is -2.46. The molecule has 3 fully saturated rings. The van der Waals surface area contributed by atoms with Crippen LogP contribution >= 0.6 is 0 Å². The smallest absolute Gasteiger partial charge is 0.306 e. The molecule has 7 rings (SSSR count). The normalized spacial score (nSPS) is 32.0. The van der Waals surface area contributed by atoms with Gasteiger partial charge in [-0.25, -0.2) is 0 Å². The highest BCUT2D eigenvalue weighted by molar-refractivity contribution is 5.96. The Morgan fingerprint density at radius 3 is 1.90 bits per heavy atom. The first-order valence-corrected chi connectivity index (χ1v) is 30.1. The van der Waals surface area contributed by atoms with E-state index >= 15 is 0 Å². The fourth-order valence-electron chi connectivity index (χ4n) is 11.2. The van der Waals surface area contributed by atoms with Crippen molar-refractivity contribution in [3.63, 3.8) is 0 Å². The fourth-order valence-corrected chi connectivity index (χ4v) is 11.2. The molecular weight excluding hydrogens is 1250 g/mol. The van der Waals surface area contributed by atoms with E-state index in [2.05, 4.69) is 36.6 Å².